The summed E-state index contributed by atoms with van der Waals surface area (Å²) in [4.78, 5) is 17.6. The molecule has 172 valence electrons. The number of benzene rings is 2. The van der Waals surface area contributed by atoms with Gasteiger partial charge in [0.05, 0.1) is 38.2 Å². The lowest BCUT2D eigenvalue weighted by atomic mass is 9.80. The second-order valence-corrected chi connectivity index (χ2v) is 8.60. The highest BCUT2D eigenvalue weighted by Gasteiger charge is 2.46. The zero-order valence-corrected chi connectivity index (χ0v) is 19.5. The number of fused-ring (bicyclic) bond motifs is 4. The molecule has 33 heavy (non-hydrogen) atoms. The Balaban J connectivity index is 1.44. The van der Waals surface area contributed by atoms with E-state index in [0.717, 1.165) is 30.0 Å². The molecule has 1 spiro atoms. The highest BCUT2D eigenvalue weighted by molar-refractivity contribution is 5.95. The van der Waals surface area contributed by atoms with Gasteiger partial charge in [0.2, 0.25) is 0 Å². The zero-order chi connectivity index (χ0) is 23.2. The third-order valence-corrected chi connectivity index (χ3v) is 7.15. The van der Waals surface area contributed by atoms with E-state index < -0.39 is 0 Å². The Morgan fingerprint density at radius 1 is 0.848 bits per heavy atom. The molecule has 2 aliphatic rings. The van der Waals surface area contributed by atoms with Crippen LogP contribution in [0.5, 0.6) is 17.2 Å². The molecule has 0 atom stereocenters. The summed E-state index contributed by atoms with van der Waals surface area (Å²) in [6.07, 6.45) is 3.78. The molecule has 0 aliphatic carbocycles. The number of hydrogen-bond donors (Lipinski definition) is 0. The quantitative estimate of drug-likeness (QED) is 0.603. The first-order valence-electron chi connectivity index (χ1n) is 11.1. The molecule has 1 aromatic heterocycles. The van der Waals surface area contributed by atoms with Crippen LogP contribution in [0.1, 0.15) is 28.9 Å². The van der Waals surface area contributed by atoms with E-state index >= 15 is 0 Å². The number of aromatic nitrogens is 1. The van der Waals surface area contributed by atoms with Crippen molar-refractivity contribution in [3.63, 3.8) is 0 Å². The van der Waals surface area contributed by atoms with Crippen LogP contribution in [0, 0.1) is 0 Å². The summed E-state index contributed by atoms with van der Waals surface area (Å²) in [5, 5.41) is 0. The number of carbonyl (C=O) groups is 1. The molecule has 0 saturated carbocycles. The van der Waals surface area contributed by atoms with Crippen LogP contribution < -0.4 is 19.1 Å². The minimum atomic E-state index is -0.189. The third-order valence-electron chi connectivity index (χ3n) is 7.15. The smallest absolute Gasteiger partial charge is 0.254 e. The molecule has 0 radical (unpaired) electrons. The van der Waals surface area contributed by atoms with E-state index in [4.69, 9.17) is 14.2 Å². The van der Waals surface area contributed by atoms with Gasteiger partial charge in [-0.15, -0.1) is 0 Å². The molecule has 1 amide bonds. The van der Waals surface area contributed by atoms with Crippen molar-refractivity contribution in [1.29, 1.82) is 0 Å². The van der Waals surface area contributed by atoms with Crippen LogP contribution in [0.15, 0.2) is 54.7 Å². The van der Waals surface area contributed by atoms with Crippen LogP contribution >= 0.6 is 0 Å². The minimum Gasteiger partial charge on any atom is -0.497 e. The number of likely N-dealkylation sites (tertiary alicyclic amines) is 1. The molecule has 3 aromatic rings. The molecule has 1 fully saturated rings. The lowest BCUT2D eigenvalue weighted by molar-refractivity contribution is 0.0658. The van der Waals surface area contributed by atoms with E-state index in [0.29, 0.717) is 30.2 Å². The fourth-order valence-corrected chi connectivity index (χ4v) is 5.26. The molecule has 5 rings (SSSR count). The van der Waals surface area contributed by atoms with E-state index in [1.54, 1.807) is 39.5 Å². The van der Waals surface area contributed by atoms with Crippen molar-refractivity contribution < 1.29 is 19.0 Å². The second kappa shape index (κ2) is 8.06. The molecular weight excluding hydrogens is 418 g/mol. The van der Waals surface area contributed by atoms with E-state index in [1.807, 2.05) is 11.0 Å². The standard InChI is InChI=1S/C26H29N3O4/c1-27-23-17-19(31-2)7-8-22(23)29-11-5-6-24(29)26(27)9-12-28(13-10-26)25(30)18-14-20(32-3)16-21(15-18)33-4/h5-8,11,14-17H,9-10,12-13H2,1-4H3. The molecule has 2 aromatic carbocycles. The van der Waals surface area contributed by atoms with Crippen molar-refractivity contribution >= 4 is 11.6 Å². The van der Waals surface area contributed by atoms with Gasteiger partial charge in [-0.25, -0.2) is 0 Å². The van der Waals surface area contributed by atoms with Crippen LogP contribution in [0.25, 0.3) is 5.69 Å². The van der Waals surface area contributed by atoms with Crippen molar-refractivity contribution in [3.8, 4) is 22.9 Å². The molecule has 7 heteroatoms. The number of hydrogen-bond acceptors (Lipinski definition) is 5. The Morgan fingerprint density at radius 3 is 2.15 bits per heavy atom. The Hall–Kier alpha value is -3.61. The fraction of sp³-hybridized carbons (Fsp3) is 0.346. The molecule has 0 N–H and O–H groups in total. The van der Waals surface area contributed by atoms with Crippen molar-refractivity contribution in [1.82, 2.24) is 9.47 Å². The predicted molar refractivity (Wildman–Crippen MR) is 127 cm³/mol. The topological polar surface area (TPSA) is 56.2 Å². The van der Waals surface area contributed by atoms with Gasteiger partial charge in [-0.05, 0) is 49.2 Å². The van der Waals surface area contributed by atoms with Crippen molar-refractivity contribution in [2.24, 2.45) is 0 Å². The van der Waals surface area contributed by atoms with Gasteiger partial charge in [0.15, 0.2) is 0 Å². The molecule has 1 saturated heterocycles. The van der Waals surface area contributed by atoms with Crippen LogP contribution in [-0.2, 0) is 5.54 Å². The third kappa shape index (κ3) is 3.30. The second-order valence-electron chi connectivity index (χ2n) is 8.60. The molecular formula is C26H29N3O4. The predicted octanol–water partition coefficient (Wildman–Crippen LogP) is 4.08. The summed E-state index contributed by atoms with van der Waals surface area (Å²) >= 11 is 0. The Labute approximate surface area is 194 Å². The largest absolute Gasteiger partial charge is 0.497 e. The van der Waals surface area contributed by atoms with E-state index in [-0.39, 0.29) is 11.4 Å². The first kappa shape index (κ1) is 21.2. The minimum absolute atomic E-state index is 0.00188. The lowest BCUT2D eigenvalue weighted by Crippen LogP contribution is -2.55. The van der Waals surface area contributed by atoms with Crippen LogP contribution in [-0.4, -0.2) is 56.8 Å². The van der Waals surface area contributed by atoms with E-state index in [9.17, 15) is 4.79 Å². The normalized spacial score (nSPS) is 16.2. The number of methoxy groups -OCH3 is 3. The zero-order valence-electron chi connectivity index (χ0n) is 19.5. The first-order chi connectivity index (χ1) is 16.0. The van der Waals surface area contributed by atoms with Gasteiger partial charge >= 0.3 is 0 Å². The average Bonchev–Trinajstić information content (AvgIpc) is 3.37. The van der Waals surface area contributed by atoms with Crippen LogP contribution in [0.2, 0.25) is 0 Å². The van der Waals surface area contributed by atoms with Crippen molar-refractivity contribution in [2.75, 3.05) is 46.4 Å². The highest BCUT2D eigenvalue weighted by Crippen LogP contribution is 2.48. The SMILES string of the molecule is COc1cc(OC)cc(C(=O)N2CCC3(CC2)c2cccn2-c2ccc(OC)cc2N3C)c1. The highest BCUT2D eigenvalue weighted by atomic mass is 16.5. The number of rotatable bonds is 4. The first-order valence-corrected chi connectivity index (χ1v) is 11.1. The number of anilines is 1. The summed E-state index contributed by atoms with van der Waals surface area (Å²) in [5.41, 5.74) is 3.93. The van der Waals surface area contributed by atoms with Gasteiger partial charge in [-0.3, -0.25) is 4.79 Å². The molecule has 0 unspecified atom stereocenters. The van der Waals surface area contributed by atoms with Crippen LogP contribution in [0.3, 0.4) is 0 Å². The van der Waals surface area contributed by atoms with Crippen LogP contribution in [0.4, 0.5) is 5.69 Å². The summed E-state index contributed by atoms with van der Waals surface area (Å²) in [5.74, 6) is 2.06. The molecule has 0 bridgehead atoms. The number of amides is 1. The van der Waals surface area contributed by atoms with Gasteiger partial charge in [-0.1, -0.05) is 0 Å². The summed E-state index contributed by atoms with van der Waals surface area (Å²) < 4.78 is 18.5. The summed E-state index contributed by atoms with van der Waals surface area (Å²) in [6.45, 7) is 1.32. The van der Waals surface area contributed by atoms with E-state index in [1.165, 1.54) is 5.69 Å². The maximum Gasteiger partial charge on any atom is 0.254 e. The van der Waals surface area contributed by atoms with E-state index in [2.05, 4.69) is 47.0 Å². The molecule has 3 heterocycles. The number of ether oxygens (including phenoxy) is 3. The maximum absolute atomic E-state index is 13.3. The molecule has 7 nitrogen and oxygen atoms in total. The van der Waals surface area contributed by atoms with Crippen molar-refractivity contribution in [2.45, 2.75) is 18.4 Å². The van der Waals surface area contributed by atoms with Gasteiger partial charge in [0.25, 0.3) is 5.91 Å². The Morgan fingerprint density at radius 2 is 1.52 bits per heavy atom. The van der Waals surface area contributed by atoms with Gasteiger partial charge < -0.3 is 28.6 Å². The number of carbonyl (C=O) groups excluding carboxylic acids is 1. The fourth-order valence-electron chi connectivity index (χ4n) is 5.26. The Kier molecular flexibility index (Phi) is 5.19. The van der Waals surface area contributed by atoms with Crippen molar-refractivity contribution in [3.05, 3.63) is 66.0 Å². The van der Waals surface area contributed by atoms with Gasteiger partial charge in [0, 0.05) is 49.7 Å². The summed E-state index contributed by atoms with van der Waals surface area (Å²) in [7, 11) is 7.03. The molecule has 2 aliphatic heterocycles. The number of piperidine rings is 1. The van der Waals surface area contributed by atoms with Gasteiger partial charge in [-0.2, -0.15) is 0 Å². The lowest BCUT2D eigenvalue weighted by Gasteiger charge is -2.51. The summed E-state index contributed by atoms with van der Waals surface area (Å²) in [6, 6.07) is 15.8. The Bertz CT molecular complexity index is 1170. The average molecular weight is 448 g/mol. The van der Waals surface area contributed by atoms with Gasteiger partial charge in [0.1, 0.15) is 17.2 Å². The monoisotopic (exact) mass is 447 g/mol. The number of nitrogens with zero attached hydrogens (tertiary/aromatic N) is 3. The maximum atomic E-state index is 13.3.